The SMILES string of the molecule is Cc1cccc(C(=O)NC(C(=O)N[C@H]2CC[C@@H](C(=O)O)C2)C(C)C)c1. The second-order valence-electron chi connectivity index (χ2n) is 7.12. The van der Waals surface area contributed by atoms with E-state index in [2.05, 4.69) is 10.6 Å². The first-order valence-electron chi connectivity index (χ1n) is 8.68. The van der Waals surface area contributed by atoms with Gasteiger partial charge in [-0.2, -0.15) is 0 Å². The van der Waals surface area contributed by atoms with Crippen LogP contribution in [0.25, 0.3) is 0 Å². The number of carboxylic acid groups (broad SMARTS) is 1. The van der Waals surface area contributed by atoms with E-state index in [1.54, 1.807) is 18.2 Å². The molecule has 0 bridgehead atoms. The number of aliphatic carboxylic acids is 1. The van der Waals surface area contributed by atoms with Crippen molar-refractivity contribution in [2.75, 3.05) is 0 Å². The van der Waals surface area contributed by atoms with Crippen molar-refractivity contribution in [2.45, 2.75) is 52.1 Å². The molecule has 3 N–H and O–H groups in total. The van der Waals surface area contributed by atoms with Gasteiger partial charge in [0.2, 0.25) is 5.91 Å². The summed E-state index contributed by atoms with van der Waals surface area (Å²) in [6.07, 6.45) is 1.67. The van der Waals surface area contributed by atoms with Crippen LogP contribution in [-0.4, -0.2) is 35.0 Å². The highest BCUT2D eigenvalue weighted by molar-refractivity contribution is 5.97. The molecule has 2 rings (SSSR count). The Morgan fingerprint density at radius 3 is 2.48 bits per heavy atom. The summed E-state index contributed by atoms with van der Waals surface area (Å²) < 4.78 is 0. The van der Waals surface area contributed by atoms with Crippen molar-refractivity contribution >= 4 is 17.8 Å². The van der Waals surface area contributed by atoms with Gasteiger partial charge >= 0.3 is 5.97 Å². The Labute approximate surface area is 148 Å². The van der Waals surface area contributed by atoms with E-state index < -0.39 is 17.9 Å². The molecule has 6 heteroatoms. The lowest BCUT2D eigenvalue weighted by Crippen LogP contribution is -2.51. The van der Waals surface area contributed by atoms with Crippen molar-refractivity contribution in [1.29, 1.82) is 0 Å². The average Bonchev–Trinajstić information content (AvgIpc) is 3.00. The van der Waals surface area contributed by atoms with E-state index in [1.807, 2.05) is 26.8 Å². The van der Waals surface area contributed by atoms with Crippen molar-refractivity contribution in [2.24, 2.45) is 11.8 Å². The Bertz CT molecular complexity index is 657. The maximum absolute atomic E-state index is 12.6. The second kappa shape index (κ2) is 8.14. The fraction of sp³-hybridized carbons (Fsp3) is 0.526. The molecule has 1 aromatic carbocycles. The van der Waals surface area contributed by atoms with Gasteiger partial charge in [0, 0.05) is 11.6 Å². The summed E-state index contributed by atoms with van der Waals surface area (Å²) in [6, 6.07) is 6.40. The van der Waals surface area contributed by atoms with Gasteiger partial charge in [-0.1, -0.05) is 31.5 Å². The second-order valence-corrected chi connectivity index (χ2v) is 7.12. The molecule has 0 saturated heterocycles. The molecule has 0 aliphatic heterocycles. The molecule has 6 nitrogen and oxygen atoms in total. The first-order chi connectivity index (χ1) is 11.8. The standard InChI is InChI=1S/C19H26N2O4/c1-11(2)16(21-17(22)13-6-4-5-12(3)9-13)18(23)20-15-8-7-14(10-15)19(24)25/h4-6,9,11,14-16H,7-8,10H2,1-3H3,(H,20,23)(H,21,22)(H,24,25)/t14-,15+,16?/m1/s1. The van der Waals surface area contributed by atoms with Crippen LogP contribution in [0.5, 0.6) is 0 Å². The smallest absolute Gasteiger partial charge is 0.306 e. The fourth-order valence-corrected chi connectivity index (χ4v) is 3.17. The number of carboxylic acids is 1. The fourth-order valence-electron chi connectivity index (χ4n) is 3.17. The van der Waals surface area contributed by atoms with Gasteiger partial charge in [0.15, 0.2) is 0 Å². The van der Waals surface area contributed by atoms with Gasteiger partial charge in [0.05, 0.1) is 5.92 Å². The first kappa shape index (κ1) is 19.0. The molecule has 0 radical (unpaired) electrons. The molecule has 136 valence electrons. The molecule has 25 heavy (non-hydrogen) atoms. The zero-order valence-corrected chi connectivity index (χ0v) is 14.9. The highest BCUT2D eigenvalue weighted by Gasteiger charge is 2.33. The normalized spacial score (nSPS) is 21.0. The molecule has 1 saturated carbocycles. The topological polar surface area (TPSA) is 95.5 Å². The largest absolute Gasteiger partial charge is 0.481 e. The molecule has 1 aromatic rings. The number of amides is 2. The zero-order valence-electron chi connectivity index (χ0n) is 14.9. The summed E-state index contributed by atoms with van der Waals surface area (Å²) >= 11 is 0. The van der Waals surface area contributed by atoms with Crippen LogP contribution in [-0.2, 0) is 9.59 Å². The number of rotatable bonds is 6. The number of hydrogen-bond acceptors (Lipinski definition) is 3. The molecule has 1 aliphatic rings. The minimum Gasteiger partial charge on any atom is -0.481 e. The number of aryl methyl sites for hydroxylation is 1. The predicted octanol–water partition coefficient (Wildman–Crippen LogP) is 2.12. The van der Waals surface area contributed by atoms with Crippen LogP contribution < -0.4 is 10.6 Å². The zero-order chi connectivity index (χ0) is 18.6. The summed E-state index contributed by atoms with van der Waals surface area (Å²) in [7, 11) is 0. The van der Waals surface area contributed by atoms with Gasteiger partial charge in [0.1, 0.15) is 6.04 Å². The van der Waals surface area contributed by atoms with E-state index >= 15 is 0 Å². The minimum absolute atomic E-state index is 0.0783. The van der Waals surface area contributed by atoms with E-state index in [-0.39, 0.29) is 23.8 Å². The highest BCUT2D eigenvalue weighted by Crippen LogP contribution is 2.25. The highest BCUT2D eigenvalue weighted by atomic mass is 16.4. The first-order valence-corrected chi connectivity index (χ1v) is 8.68. The Morgan fingerprint density at radius 2 is 1.92 bits per heavy atom. The Balaban J connectivity index is 1.99. The molecular weight excluding hydrogens is 320 g/mol. The Morgan fingerprint density at radius 1 is 1.20 bits per heavy atom. The van der Waals surface area contributed by atoms with Crippen LogP contribution in [0, 0.1) is 18.8 Å². The summed E-state index contributed by atoms with van der Waals surface area (Å²) in [5, 5.41) is 14.8. The molecule has 1 fully saturated rings. The monoisotopic (exact) mass is 346 g/mol. The van der Waals surface area contributed by atoms with E-state index in [1.165, 1.54) is 0 Å². The van der Waals surface area contributed by atoms with E-state index in [0.29, 0.717) is 24.8 Å². The van der Waals surface area contributed by atoms with Crippen LogP contribution in [0.3, 0.4) is 0 Å². The third-order valence-corrected chi connectivity index (χ3v) is 4.64. The molecule has 0 spiro atoms. The number of benzene rings is 1. The Kier molecular flexibility index (Phi) is 6.17. The van der Waals surface area contributed by atoms with E-state index in [0.717, 1.165) is 5.56 Å². The summed E-state index contributed by atoms with van der Waals surface area (Å²) in [6.45, 7) is 5.65. The van der Waals surface area contributed by atoms with Crippen LogP contribution in [0.15, 0.2) is 24.3 Å². The van der Waals surface area contributed by atoms with Crippen molar-refractivity contribution in [1.82, 2.24) is 10.6 Å². The Hall–Kier alpha value is -2.37. The van der Waals surface area contributed by atoms with Crippen molar-refractivity contribution in [3.05, 3.63) is 35.4 Å². The minimum atomic E-state index is -0.815. The van der Waals surface area contributed by atoms with Crippen LogP contribution in [0.1, 0.15) is 49.0 Å². The number of carbonyl (C=O) groups is 3. The molecule has 0 aromatic heterocycles. The summed E-state index contributed by atoms with van der Waals surface area (Å²) in [5.74, 6) is -1.83. The summed E-state index contributed by atoms with van der Waals surface area (Å²) in [4.78, 5) is 36.0. The van der Waals surface area contributed by atoms with Gasteiger partial charge in [-0.3, -0.25) is 14.4 Å². The van der Waals surface area contributed by atoms with Crippen molar-refractivity contribution in [3.8, 4) is 0 Å². The van der Waals surface area contributed by atoms with Gasteiger partial charge in [-0.25, -0.2) is 0 Å². The van der Waals surface area contributed by atoms with Gasteiger partial charge in [0.25, 0.3) is 5.91 Å². The maximum Gasteiger partial charge on any atom is 0.306 e. The third kappa shape index (κ3) is 5.05. The molecule has 0 heterocycles. The predicted molar refractivity (Wildman–Crippen MR) is 94.2 cm³/mol. The molecule has 3 atom stereocenters. The lowest BCUT2D eigenvalue weighted by molar-refractivity contribution is -0.141. The van der Waals surface area contributed by atoms with Crippen LogP contribution in [0.2, 0.25) is 0 Å². The van der Waals surface area contributed by atoms with Crippen molar-refractivity contribution < 1.29 is 19.5 Å². The lowest BCUT2D eigenvalue weighted by atomic mass is 10.0. The van der Waals surface area contributed by atoms with Crippen LogP contribution >= 0.6 is 0 Å². The summed E-state index contributed by atoms with van der Waals surface area (Å²) in [5.41, 5.74) is 1.49. The molecular formula is C19H26N2O4. The molecule has 2 amide bonds. The van der Waals surface area contributed by atoms with Gasteiger partial charge in [-0.15, -0.1) is 0 Å². The van der Waals surface area contributed by atoms with E-state index in [9.17, 15) is 14.4 Å². The third-order valence-electron chi connectivity index (χ3n) is 4.64. The van der Waals surface area contributed by atoms with Crippen molar-refractivity contribution in [3.63, 3.8) is 0 Å². The lowest BCUT2D eigenvalue weighted by Gasteiger charge is -2.24. The quantitative estimate of drug-likeness (QED) is 0.735. The molecule has 1 aliphatic carbocycles. The maximum atomic E-state index is 12.6. The van der Waals surface area contributed by atoms with Gasteiger partial charge in [-0.05, 0) is 44.2 Å². The van der Waals surface area contributed by atoms with Crippen LogP contribution in [0.4, 0.5) is 0 Å². The molecule has 1 unspecified atom stereocenters. The van der Waals surface area contributed by atoms with E-state index in [4.69, 9.17) is 5.11 Å². The van der Waals surface area contributed by atoms with Gasteiger partial charge < -0.3 is 15.7 Å². The average molecular weight is 346 g/mol. The number of hydrogen-bond donors (Lipinski definition) is 3. The number of nitrogens with one attached hydrogen (secondary N) is 2. The number of carbonyl (C=O) groups excluding carboxylic acids is 2.